The third-order valence-electron chi connectivity index (χ3n) is 4.42. The summed E-state index contributed by atoms with van der Waals surface area (Å²) in [6.07, 6.45) is 1.52. The fourth-order valence-corrected chi connectivity index (χ4v) is 2.95. The van der Waals surface area contributed by atoms with Gasteiger partial charge in [0.1, 0.15) is 17.6 Å². The maximum Gasteiger partial charge on any atom is 0.271 e. The maximum absolute atomic E-state index is 13.2. The average Bonchev–Trinajstić information content (AvgIpc) is 3.19. The van der Waals surface area contributed by atoms with Crippen LogP contribution in [-0.2, 0) is 9.59 Å². The van der Waals surface area contributed by atoms with E-state index in [1.54, 1.807) is 30.3 Å². The molecular formula is C21H20FN5O3. The summed E-state index contributed by atoms with van der Waals surface area (Å²) >= 11 is 0. The highest BCUT2D eigenvalue weighted by Crippen LogP contribution is 2.25. The fourth-order valence-electron chi connectivity index (χ4n) is 2.95. The van der Waals surface area contributed by atoms with Gasteiger partial charge in [0.15, 0.2) is 0 Å². The molecule has 0 fully saturated rings. The number of carbonyl (C=O) groups is 3. The van der Waals surface area contributed by atoms with Gasteiger partial charge in [-0.3, -0.25) is 19.4 Å². The van der Waals surface area contributed by atoms with Gasteiger partial charge >= 0.3 is 0 Å². The van der Waals surface area contributed by atoms with E-state index in [9.17, 15) is 18.8 Å². The van der Waals surface area contributed by atoms with Gasteiger partial charge in [-0.05, 0) is 36.4 Å². The fraction of sp³-hybridized carbons (Fsp3) is 0.143. The van der Waals surface area contributed by atoms with Crippen LogP contribution in [0.3, 0.4) is 0 Å². The summed E-state index contributed by atoms with van der Waals surface area (Å²) in [5, 5.41) is 10.8. The predicted octanol–water partition coefficient (Wildman–Crippen LogP) is 1.80. The van der Waals surface area contributed by atoms with Crippen molar-refractivity contribution in [2.45, 2.75) is 12.5 Å². The molecule has 0 saturated heterocycles. The van der Waals surface area contributed by atoms with Gasteiger partial charge in [-0.2, -0.15) is 5.10 Å². The summed E-state index contributed by atoms with van der Waals surface area (Å²) in [4.78, 5) is 36.9. The van der Waals surface area contributed by atoms with Gasteiger partial charge in [0.2, 0.25) is 5.91 Å². The van der Waals surface area contributed by atoms with Crippen LogP contribution in [0, 0.1) is 5.82 Å². The molecule has 4 N–H and O–H groups in total. The monoisotopic (exact) mass is 409 g/mol. The van der Waals surface area contributed by atoms with Gasteiger partial charge < -0.3 is 16.4 Å². The molecule has 1 aliphatic rings. The summed E-state index contributed by atoms with van der Waals surface area (Å²) in [6.45, 7) is 3.82. The van der Waals surface area contributed by atoms with Crippen LogP contribution in [0.5, 0.6) is 0 Å². The number of rotatable bonds is 7. The van der Waals surface area contributed by atoms with E-state index in [1.165, 1.54) is 29.3 Å². The first kappa shape index (κ1) is 20.7. The molecule has 0 spiro atoms. The minimum absolute atomic E-state index is 0.0244. The quantitative estimate of drug-likeness (QED) is 0.605. The van der Waals surface area contributed by atoms with Crippen LogP contribution in [0.25, 0.3) is 0 Å². The van der Waals surface area contributed by atoms with Gasteiger partial charge in [-0.15, -0.1) is 6.58 Å². The van der Waals surface area contributed by atoms with Crippen molar-refractivity contribution in [2.75, 3.05) is 16.9 Å². The Kier molecular flexibility index (Phi) is 6.21. The molecule has 0 aliphatic carbocycles. The number of primary amides is 1. The minimum atomic E-state index is -0.887. The molecule has 0 saturated carbocycles. The second-order valence-corrected chi connectivity index (χ2v) is 6.49. The van der Waals surface area contributed by atoms with E-state index in [-0.39, 0.29) is 30.1 Å². The zero-order chi connectivity index (χ0) is 21.7. The summed E-state index contributed by atoms with van der Waals surface area (Å²) < 4.78 is 13.2. The number of carbonyl (C=O) groups excluding carboxylic acids is 3. The van der Waals surface area contributed by atoms with Crippen molar-refractivity contribution in [3.8, 4) is 0 Å². The summed E-state index contributed by atoms with van der Waals surface area (Å²) in [5.41, 5.74) is 6.51. The van der Waals surface area contributed by atoms with Crippen molar-refractivity contribution >= 4 is 34.8 Å². The summed E-state index contributed by atoms with van der Waals surface area (Å²) in [5.74, 6) is -2.06. The number of nitrogens with one attached hydrogen (secondary N) is 2. The molecule has 0 bridgehead atoms. The molecule has 30 heavy (non-hydrogen) atoms. The van der Waals surface area contributed by atoms with Gasteiger partial charge in [0.25, 0.3) is 11.8 Å². The van der Waals surface area contributed by atoms with Crippen LogP contribution < -0.4 is 21.4 Å². The molecule has 3 rings (SSSR count). The van der Waals surface area contributed by atoms with E-state index >= 15 is 0 Å². The molecular weight excluding hydrogens is 389 g/mol. The van der Waals surface area contributed by atoms with Crippen molar-refractivity contribution < 1.29 is 18.8 Å². The molecule has 2 aromatic carbocycles. The smallest absolute Gasteiger partial charge is 0.271 e. The number of nitrogens with zero attached hydrogens (tertiary/aromatic N) is 2. The number of benzene rings is 2. The summed E-state index contributed by atoms with van der Waals surface area (Å²) in [7, 11) is 0. The molecule has 1 heterocycles. The van der Waals surface area contributed by atoms with E-state index < -0.39 is 23.7 Å². The van der Waals surface area contributed by atoms with Gasteiger partial charge in [0, 0.05) is 13.0 Å². The van der Waals surface area contributed by atoms with Crippen LogP contribution in [0.2, 0.25) is 0 Å². The lowest BCUT2D eigenvalue weighted by Gasteiger charge is -2.20. The average molecular weight is 409 g/mol. The molecule has 1 atom stereocenters. The van der Waals surface area contributed by atoms with Gasteiger partial charge in [-0.1, -0.05) is 18.2 Å². The predicted molar refractivity (Wildman–Crippen MR) is 112 cm³/mol. The first-order valence-electron chi connectivity index (χ1n) is 9.11. The lowest BCUT2D eigenvalue weighted by molar-refractivity contribution is -0.119. The summed E-state index contributed by atoms with van der Waals surface area (Å²) in [6, 6.07) is 10.9. The number of halogens is 1. The molecule has 0 aromatic heterocycles. The molecule has 154 valence electrons. The Balaban J connectivity index is 1.83. The number of anilines is 2. The Bertz CT molecular complexity index is 1020. The standard InChI is InChI=1S/C21H20FN5O3/c1-2-11-24-20(29)15-5-3-4-6-16(15)25-21(30)17-12-18(19(23)28)27(26-17)14-9-7-13(22)8-10-14/h2-10,18H,1,11-12H2,(H2,23,28)(H,24,29)(H,25,30). The van der Waals surface area contributed by atoms with E-state index in [0.717, 1.165) is 0 Å². The van der Waals surface area contributed by atoms with Crippen molar-refractivity contribution in [1.29, 1.82) is 0 Å². The van der Waals surface area contributed by atoms with Crippen LogP contribution in [0.1, 0.15) is 16.8 Å². The second-order valence-electron chi connectivity index (χ2n) is 6.49. The van der Waals surface area contributed by atoms with Crippen LogP contribution in [0.15, 0.2) is 66.3 Å². The minimum Gasteiger partial charge on any atom is -0.368 e. The van der Waals surface area contributed by atoms with E-state index in [2.05, 4.69) is 22.3 Å². The Hall–Kier alpha value is -4.01. The second kappa shape index (κ2) is 8.99. The van der Waals surface area contributed by atoms with Crippen molar-refractivity contribution in [3.63, 3.8) is 0 Å². The van der Waals surface area contributed by atoms with Gasteiger partial charge in [-0.25, -0.2) is 4.39 Å². The highest BCUT2D eigenvalue weighted by Gasteiger charge is 2.35. The van der Waals surface area contributed by atoms with Crippen molar-refractivity contribution in [2.24, 2.45) is 10.8 Å². The normalized spacial score (nSPS) is 15.3. The Labute approximate surface area is 172 Å². The van der Waals surface area contributed by atoms with Crippen LogP contribution in [0.4, 0.5) is 15.8 Å². The Morgan fingerprint density at radius 2 is 1.87 bits per heavy atom. The molecule has 2 aromatic rings. The number of nitrogens with two attached hydrogens (primary N) is 1. The highest BCUT2D eigenvalue weighted by molar-refractivity contribution is 6.44. The molecule has 3 amide bonds. The van der Waals surface area contributed by atoms with E-state index in [4.69, 9.17) is 5.73 Å². The molecule has 8 nitrogen and oxygen atoms in total. The lowest BCUT2D eigenvalue weighted by atomic mass is 10.1. The first-order chi connectivity index (χ1) is 14.4. The number of hydrazone groups is 1. The van der Waals surface area contributed by atoms with Crippen LogP contribution >= 0.6 is 0 Å². The number of para-hydroxylation sites is 1. The molecule has 0 radical (unpaired) electrons. The SMILES string of the molecule is C=CCNC(=O)c1ccccc1NC(=O)C1=NN(c2ccc(F)cc2)C(C(N)=O)C1. The van der Waals surface area contributed by atoms with Crippen molar-refractivity contribution in [1.82, 2.24) is 5.32 Å². The lowest BCUT2D eigenvalue weighted by Crippen LogP contribution is -2.39. The molecule has 1 aliphatic heterocycles. The zero-order valence-electron chi connectivity index (χ0n) is 16.0. The molecule has 1 unspecified atom stereocenters. The third-order valence-corrected chi connectivity index (χ3v) is 4.42. The zero-order valence-corrected chi connectivity index (χ0v) is 16.0. The topological polar surface area (TPSA) is 117 Å². The maximum atomic E-state index is 13.2. The highest BCUT2D eigenvalue weighted by atomic mass is 19.1. The van der Waals surface area contributed by atoms with Crippen molar-refractivity contribution in [3.05, 3.63) is 72.6 Å². The first-order valence-corrected chi connectivity index (χ1v) is 9.11. The van der Waals surface area contributed by atoms with Gasteiger partial charge in [0.05, 0.1) is 16.9 Å². The largest absolute Gasteiger partial charge is 0.368 e. The number of hydrogen-bond donors (Lipinski definition) is 3. The third kappa shape index (κ3) is 4.52. The Morgan fingerprint density at radius 1 is 1.17 bits per heavy atom. The number of amides is 3. The Morgan fingerprint density at radius 3 is 2.53 bits per heavy atom. The van der Waals surface area contributed by atoms with Crippen LogP contribution in [-0.4, -0.2) is 36.0 Å². The number of hydrogen-bond acceptors (Lipinski definition) is 5. The van der Waals surface area contributed by atoms with E-state index in [1.807, 2.05) is 0 Å². The molecule has 9 heteroatoms. The van der Waals surface area contributed by atoms with E-state index in [0.29, 0.717) is 11.4 Å².